The number of carbonyl (C=O) groups is 1. The summed E-state index contributed by atoms with van der Waals surface area (Å²) in [5.41, 5.74) is 8.50. The molecule has 3 aromatic rings. The van der Waals surface area contributed by atoms with Crippen LogP contribution in [0.1, 0.15) is 34.8 Å². The van der Waals surface area contributed by atoms with E-state index in [1.165, 1.54) is 6.07 Å². The monoisotopic (exact) mass is 356 g/mol. The van der Waals surface area contributed by atoms with E-state index in [-0.39, 0.29) is 17.4 Å². The highest BCUT2D eigenvalue weighted by atomic mass is 16.5. The Labute approximate surface area is 149 Å². The number of nitrogen functional groups attached to an aromatic ring is 1. The van der Waals surface area contributed by atoms with E-state index in [0.29, 0.717) is 17.6 Å². The van der Waals surface area contributed by atoms with Crippen LogP contribution < -0.4 is 15.8 Å². The van der Waals surface area contributed by atoms with Crippen molar-refractivity contribution in [2.75, 3.05) is 31.4 Å². The van der Waals surface area contributed by atoms with Crippen LogP contribution in [0.3, 0.4) is 0 Å². The maximum atomic E-state index is 12.3. The fourth-order valence-corrected chi connectivity index (χ4v) is 3.28. The van der Waals surface area contributed by atoms with E-state index >= 15 is 0 Å². The molecule has 1 fully saturated rings. The van der Waals surface area contributed by atoms with E-state index in [9.17, 15) is 4.79 Å². The molecule has 4 rings (SSSR count). The molecular weight excluding hydrogens is 336 g/mol. The Morgan fingerprint density at radius 3 is 2.88 bits per heavy atom. The lowest BCUT2D eigenvalue weighted by Crippen LogP contribution is -2.14. The van der Waals surface area contributed by atoms with Gasteiger partial charge >= 0.3 is 0 Å². The molecule has 9 heteroatoms. The first kappa shape index (κ1) is 16.4. The smallest absolute Gasteiger partial charge is 0.276 e. The van der Waals surface area contributed by atoms with Gasteiger partial charge in [0.15, 0.2) is 0 Å². The second-order valence-corrected chi connectivity index (χ2v) is 6.21. The van der Waals surface area contributed by atoms with Gasteiger partial charge in [-0.15, -0.1) is 0 Å². The van der Waals surface area contributed by atoms with Gasteiger partial charge in [0.1, 0.15) is 22.8 Å². The summed E-state index contributed by atoms with van der Waals surface area (Å²) in [5, 5.41) is 9.06. The molecule has 0 spiro atoms. The Kier molecular flexibility index (Phi) is 4.21. The van der Waals surface area contributed by atoms with Gasteiger partial charge in [0.05, 0.1) is 12.6 Å². The first-order chi connectivity index (χ1) is 12.7. The number of imidazole rings is 1. The zero-order valence-electron chi connectivity index (χ0n) is 14.3. The van der Waals surface area contributed by atoms with Crippen molar-refractivity contribution in [1.82, 2.24) is 20.2 Å². The van der Waals surface area contributed by atoms with Crippen molar-refractivity contribution in [2.45, 2.75) is 18.8 Å². The van der Waals surface area contributed by atoms with Gasteiger partial charge in [-0.25, -0.2) is 4.98 Å². The molecule has 1 aliphatic heterocycles. The molecule has 1 saturated heterocycles. The number of amides is 1. The minimum Gasteiger partial charge on any atom is -0.494 e. The third-order valence-electron chi connectivity index (χ3n) is 4.59. The summed E-state index contributed by atoms with van der Waals surface area (Å²) in [4.78, 5) is 20.0. The summed E-state index contributed by atoms with van der Waals surface area (Å²) in [7, 11) is 1.61. The summed E-state index contributed by atoms with van der Waals surface area (Å²) < 4.78 is 10.9. The summed E-state index contributed by atoms with van der Waals surface area (Å²) in [5.74, 6) is 1.27. The molecule has 3 heterocycles. The number of ether oxygens (including phenoxy) is 2. The number of hydrogen-bond donors (Lipinski definition) is 4. The molecule has 136 valence electrons. The average molecular weight is 356 g/mol. The van der Waals surface area contributed by atoms with Crippen LogP contribution in [0.4, 0.5) is 11.8 Å². The number of rotatable bonds is 4. The highest BCUT2D eigenvalue weighted by Crippen LogP contribution is 2.36. The highest BCUT2D eigenvalue weighted by molar-refractivity contribution is 6.03. The topological polar surface area (TPSA) is 131 Å². The molecule has 1 aliphatic rings. The Bertz CT molecular complexity index is 941. The van der Waals surface area contributed by atoms with Crippen molar-refractivity contribution >= 4 is 28.7 Å². The van der Waals surface area contributed by atoms with E-state index in [0.717, 1.165) is 42.7 Å². The van der Waals surface area contributed by atoms with Crippen molar-refractivity contribution in [2.24, 2.45) is 0 Å². The summed E-state index contributed by atoms with van der Waals surface area (Å²) in [6, 6.07) is 5.43. The number of benzene rings is 1. The zero-order valence-corrected chi connectivity index (χ0v) is 14.3. The van der Waals surface area contributed by atoms with Crippen LogP contribution in [0.5, 0.6) is 5.75 Å². The predicted octanol–water partition coefficient (Wildman–Crippen LogP) is 2.02. The third-order valence-corrected chi connectivity index (χ3v) is 4.59. The number of hydrogen-bond acceptors (Lipinski definition) is 6. The van der Waals surface area contributed by atoms with Crippen LogP contribution in [0.15, 0.2) is 18.2 Å². The molecule has 26 heavy (non-hydrogen) atoms. The lowest BCUT2D eigenvalue weighted by molar-refractivity contribution is 0.0856. The SMILES string of the molecule is COc1ccc(C2CCOCC2)c2nc(NC(=O)c3cc(N)n[nH]3)[nH]c12. The van der Waals surface area contributed by atoms with Gasteiger partial charge in [-0.2, -0.15) is 5.10 Å². The molecular formula is C17H20N6O3. The van der Waals surface area contributed by atoms with Crippen molar-refractivity contribution in [1.29, 1.82) is 0 Å². The van der Waals surface area contributed by atoms with Gasteiger partial charge < -0.3 is 20.2 Å². The van der Waals surface area contributed by atoms with Crippen LogP contribution in [-0.2, 0) is 4.74 Å². The molecule has 0 aliphatic carbocycles. The Balaban J connectivity index is 1.69. The molecule has 1 aromatic carbocycles. The number of carbonyl (C=O) groups excluding carboxylic acids is 1. The van der Waals surface area contributed by atoms with Gasteiger partial charge in [0.2, 0.25) is 5.95 Å². The number of fused-ring (bicyclic) bond motifs is 1. The second kappa shape index (κ2) is 6.68. The molecule has 0 unspecified atom stereocenters. The number of H-pyrrole nitrogens is 2. The van der Waals surface area contributed by atoms with Crippen LogP contribution >= 0.6 is 0 Å². The number of nitrogens with two attached hydrogens (primary N) is 1. The van der Waals surface area contributed by atoms with E-state index in [2.05, 4.69) is 25.5 Å². The molecule has 0 saturated carbocycles. The maximum absolute atomic E-state index is 12.3. The fraction of sp³-hybridized carbons (Fsp3) is 0.353. The predicted molar refractivity (Wildman–Crippen MR) is 96.4 cm³/mol. The minimum absolute atomic E-state index is 0.253. The number of anilines is 2. The van der Waals surface area contributed by atoms with Crippen LogP contribution in [0, 0.1) is 0 Å². The van der Waals surface area contributed by atoms with Gasteiger partial charge in [0, 0.05) is 19.3 Å². The molecule has 9 nitrogen and oxygen atoms in total. The third kappa shape index (κ3) is 2.97. The summed E-state index contributed by atoms with van der Waals surface area (Å²) in [6.45, 7) is 1.49. The Morgan fingerprint density at radius 2 is 2.19 bits per heavy atom. The number of methoxy groups -OCH3 is 1. The fourth-order valence-electron chi connectivity index (χ4n) is 3.28. The first-order valence-corrected chi connectivity index (χ1v) is 8.42. The summed E-state index contributed by atoms with van der Waals surface area (Å²) in [6.07, 6.45) is 1.90. The molecule has 1 amide bonds. The highest BCUT2D eigenvalue weighted by Gasteiger charge is 2.22. The number of nitrogens with zero attached hydrogens (tertiary/aromatic N) is 2. The van der Waals surface area contributed by atoms with Crippen LogP contribution in [-0.4, -0.2) is 46.4 Å². The zero-order chi connectivity index (χ0) is 18.1. The molecule has 0 bridgehead atoms. The number of aromatic nitrogens is 4. The Morgan fingerprint density at radius 1 is 1.38 bits per heavy atom. The normalized spacial score (nSPS) is 15.3. The van der Waals surface area contributed by atoms with Crippen LogP contribution in [0.2, 0.25) is 0 Å². The summed E-state index contributed by atoms with van der Waals surface area (Å²) >= 11 is 0. The van der Waals surface area contributed by atoms with E-state index < -0.39 is 0 Å². The van der Waals surface area contributed by atoms with E-state index in [4.69, 9.17) is 15.2 Å². The van der Waals surface area contributed by atoms with Crippen molar-refractivity contribution in [3.8, 4) is 5.75 Å². The van der Waals surface area contributed by atoms with E-state index in [1.807, 2.05) is 12.1 Å². The molecule has 2 aromatic heterocycles. The quantitative estimate of drug-likeness (QED) is 0.566. The van der Waals surface area contributed by atoms with Crippen molar-refractivity contribution < 1.29 is 14.3 Å². The minimum atomic E-state index is -0.375. The van der Waals surface area contributed by atoms with Crippen LogP contribution in [0.25, 0.3) is 11.0 Å². The van der Waals surface area contributed by atoms with Gasteiger partial charge in [-0.05, 0) is 30.4 Å². The first-order valence-electron chi connectivity index (χ1n) is 8.42. The molecule has 5 N–H and O–H groups in total. The van der Waals surface area contributed by atoms with Crippen molar-refractivity contribution in [3.63, 3.8) is 0 Å². The van der Waals surface area contributed by atoms with Gasteiger partial charge in [-0.3, -0.25) is 15.2 Å². The van der Waals surface area contributed by atoms with Gasteiger partial charge in [0.25, 0.3) is 5.91 Å². The average Bonchev–Trinajstić information content (AvgIpc) is 3.27. The second-order valence-electron chi connectivity index (χ2n) is 6.21. The van der Waals surface area contributed by atoms with Crippen molar-refractivity contribution in [3.05, 3.63) is 29.5 Å². The van der Waals surface area contributed by atoms with E-state index in [1.54, 1.807) is 7.11 Å². The standard InChI is InChI=1S/C17H20N6O3/c1-25-12-3-2-10(9-4-6-26-7-5-9)14-15(12)20-17(19-14)21-16(24)11-8-13(18)23-22-11/h2-3,8-9H,4-7H2,1H3,(H3,18,22,23)(H2,19,20,21,24). The maximum Gasteiger partial charge on any atom is 0.276 e. The Hall–Kier alpha value is -3.07. The molecule has 0 atom stereocenters. The van der Waals surface area contributed by atoms with Gasteiger partial charge in [-0.1, -0.05) is 6.07 Å². The lowest BCUT2D eigenvalue weighted by atomic mass is 9.90. The molecule has 0 radical (unpaired) electrons. The lowest BCUT2D eigenvalue weighted by Gasteiger charge is -2.22. The number of nitrogens with one attached hydrogen (secondary N) is 3. The number of aromatic amines is 2. The largest absolute Gasteiger partial charge is 0.494 e.